The van der Waals surface area contributed by atoms with E-state index in [-0.39, 0.29) is 5.97 Å². The van der Waals surface area contributed by atoms with Crippen LogP contribution in [0.3, 0.4) is 0 Å². The second-order valence-corrected chi connectivity index (χ2v) is 6.19. The van der Waals surface area contributed by atoms with Gasteiger partial charge >= 0.3 is 5.97 Å². The van der Waals surface area contributed by atoms with E-state index >= 15 is 0 Å². The Labute approximate surface area is 138 Å². The maximum absolute atomic E-state index is 11.9. The van der Waals surface area contributed by atoms with Crippen LogP contribution in [0, 0.1) is 0 Å². The van der Waals surface area contributed by atoms with Gasteiger partial charge in [0.15, 0.2) is 0 Å². The molecule has 0 N–H and O–H groups in total. The second-order valence-electron chi connectivity index (χ2n) is 5.08. The molecule has 0 spiro atoms. The van der Waals surface area contributed by atoms with E-state index in [1.54, 1.807) is 42.7 Å². The summed E-state index contributed by atoms with van der Waals surface area (Å²) >= 11 is 1.68. The van der Waals surface area contributed by atoms with Gasteiger partial charge in [-0.1, -0.05) is 12.1 Å². The van der Waals surface area contributed by atoms with Crippen molar-refractivity contribution in [2.75, 3.05) is 7.11 Å². The van der Waals surface area contributed by atoms with Gasteiger partial charge in [-0.3, -0.25) is 4.79 Å². The summed E-state index contributed by atoms with van der Waals surface area (Å²) in [5.41, 5.74) is 1.02. The summed E-state index contributed by atoms with van der Waals surface area (Å²) in [6.45, 7) is 0. The zero-order valence-corrected chi connectivity index (χ0v) is 13.6. The van der Waals surface area contributed by atoms with E-state index in [0.717, 1.165) is 29.1 Å². The number of thiazole rings is 1. The molecule has 5 heteroatoms. The number of esters is 1. The molecule has 0 aliphatic carbocycles. The first-order valence-corrected chi connectivity index (χ1v) is 8.25. The van der Waals surface area contributed by atoms with E-state index in [9.17, 15) is 4.79 Å². The third-order valence-corrected chi connectivity index (χ3v) is 4.50. The molecule has 0 fully saturated rings. The van der Waals surface area contributed by atoms with Crippen molar-refractivity contribution in [1.82, 2.24) is 4.98 Å². The lowest BCUT2D eigenvalue weighted by Gasteiger charge is -2.05. The molecule has 1 heterocycles. The number of aromatic nitrogens is 1. The van der Waals surface area contributed by atoms with Crippen LogP contribution in [-0.4, -0.2) is 18.1 Å². The lowest BCUT2D eigenvalue weighted by molar-refractivity contribution is -0.134. The van der Waals surface area contributed by atoms with Crippen molar-refractivity contribution < 1.29 is 14.3 Å². The first kappa shape index (κ1) is 15.5. The molecule has 2 aromatic carbocycles. The molecule has 0 unspecified atom stereocenters. The summed E-state index contributed by atoms with van der Waals surface area (Å²) in [4.78, 5) is 16.4. The van der Waals surface area contributed by atoms with Crippen LogP contribution < -0.4 is 9.47 Å². The van der Waals surface area contributed by atoms with Crippen molar-refractivity contribution in [3.8, 4) is 11.5 Å². The molecule has 0 saturated heterocycles. The number of aryl methyl sites for hydroxylation is 1. The number of methoxy groups -OCH3 is 1. The summed E-state index contributed by atoms with van der Waals surface area (Å²) in [7, 11) is 1.60. The van der Waals surface area contributed by atoms with Crippen molar-refractivity contribution in [1.29, 1.82) is 0 Å². The van der Waals surface area contributed by atoms with Gasteiger partial charge in [0.2, 0.25) is 0 Å². The van der Waals surface area contributed by atoms with Crippen LogP contribution in [0.25, 0.3) is 10.2 Å². The number of hydrogen-bond acceptors (Lipinski definition) is 5. The molecule has 3 rings (SSSR count). The number of fused-ring (bicyclic) bond motifs is 1. The molecule has 0 aliphatic heterocycles. The monoisotopic (exact) mass is 327 g/mol. The van der Waals surface area contributed by atoms with Crippen LogP contribution in [-0.2, 0) is 11.2 Å². The Kier molecular flexibility index (Phi) is 4.88. The summed E-state index contributed by atoms with van der Waals surface area (Å²) in [5, 5.41) is 1.06. The number of ether oxygens (including phenoxy) is 2. The van der Waals surface area contributed by atoms with Gasteiger partial charge in [0.05, 0.1) is 22.3 Å². The van der Waals surface area contributed by atoms with Crippen molar-refractivity contribution in [3.05, 3.63) is 53.5 Å². The lowest BCUT2D eigenvalue weighted by atomic mass is 10.2. The third-order valence-electron chi connectivity index (χ3n) is 3.40. The number of nitrogens with zero attached hydrogens (tertiary/aromatic N) is 1. The average Bonchev–Trinajstić information content (AvgIpc) is 2.98. The van der Waals surface area contributed by atoms with Crippen LogP contribution in [0.15, 0.2) is 48.5 Å². The van der Waals surface area contributed by atoms with Crippen molar-refractivity contribution in [2.45, 2.75) is 19.3 Å². The van der Waals surface area contributed by atoms with E-state index in [4.69, 9.17) is 9.47 Å². The molecule has 0 atom stereocenters. The van der Waals surface area contributed by atoms with Crippen molar-refractivity contribution in [3.63, 3.8) is 0 Å². The average molecular weight is 327 g/mol. The Balaban J connectivity index is 1.48. The largest absolute Gasteiger partial charge is 0.497 e. The predicted molar refractivity (Wildman–Crippen MR) is 91.2 cm³/mol. The van der Waals surface area contributed by atoms with Gasteiger partial charge in [0.1, 0.15) is 11.5 Å². The highest BCUT2D eigenvalue weighted by Crippen LogP contribution is 2.23. The molecule has 118 valence electrons. The van der Waals surface area contributed by atoms with Gasteiger partial charge in [-0.2, -0.15) is 0 Å². The van der Waals surface area contributed by atoms with Gasteiger partial charge in [-0.15, -0.1) is 11.3 Å². The minimum Gasteiger partial charge on any atom is -0.497 e. The Morgan fingerprint density at radius 3 is 2.57 bits per heavy atom. The highest BCUT2D eigenvalue weighted by molar-refractivity contribution is 7.18. The van der Waals surface area contributed by atoms with Crippen molar-refractivity contribution >= 4 is 27.5 Å². The minimum atomic E-state index is -0.226. The fourth-order valence-corrected chi connectivity index (χ4v) is 3.25. The topological polar surface area (TPSA) is 48.4 Å². The fraction of sp³-hybridized carbons (Fsp3) is 0.222. The predicted octanol–water partition coefficient (Wildman–Crippen LogP) is 4.23. The number of carbonyl (C=O) groups is 1. The van der Waals surface area contributed by atoms with E-state index in [2.05, 4.69) is 11.1 Å². The Morgan fingerprint density at radius 2 is 1.83 bits per heavy atom. The van der Waals surface area contributed by atoms with Crippen LogP contribution >= 0.6 is 11.3 Å². The molecule has 0 amide bonds. The number of hydrogen-bond donors (Lipinski definition) is 0. The molecule has 0 radical (unpaired) electrons. The van der Waals surface area contributed by atoms with Gasteiger partial charge in [-0.25, -0.2) is 4.98 Å². The zero-order valence-electron chi connectivity index (χ0n) is 12.8. The number of carbonyl (C=O) groups excluding carboxylic acids is 1. The maximum Gasteiger partial charge on any atom is 0.311 e. The smallest absolute Gasteiger partial charge is 0.311 e. The first-order chi connectivity index (χ1) is 11.2. The highest BCUT2D eigenvalue weighted by atomic mass is 32.1. The van der Waals surface area contributed by atoms with E-state index in [1.165, 1.54) is 4.70 Å². The quantitative estimate of drug-likeness (QED) is 0.502. The van der Waals surface area contributed by atoms with Gasteiger partial charge < -0.3 is 9.47 Å². The maximum atomic E-state index is 11.9. The number of rotatable bonds is 6. The van der Waals surface area contributed by atoms with Crippen molar-refractivity contribution in [2.24, 2.45) is 0 Å². The first-order valence-electron chi connectivity index (χ1n) is 7.44. The summed E-state index contributed by atoms with van der Waals surface area (Å²) in [5.74, 6) is 1.05. The summed E-state index contributed by atoms with van der Waals surface area (Å²) in [6, 6.07) is 15.1. The molecule has 4 nitrogen and oxygen atoms in total. The summed E-state index contributed by atoms with van der Waals surface area (Å²) in [6.07, 6.45) is 1.90. The molecule has 0 bridgehead atoms. The third kappa shape index (κ3) is 4.07. The molecular weight excluding hydrogens is 310 g/mol. The molecular formula is C18H17NO3S. The van der Waals surface area contributed by atoms with Gasteiger partial charge in [-0.05, 0) is 49.2 Å². The molecule has 23 heavy (non-hydrogen) atoms. The molecule has 3 aromatic rings. The standard InChI is InChI=1S/C18H17NO3S/c1-21-13-9-11-14(12-10-13)22-18(20)8-4-7-17-19-15-5-2-3-6-16(15)23-17/h2-3,5-6,9-12H,4,7-8H2,1H3. The molecule has 1 aromatic heterocycles. The number of benzene rings is 2. The number of para-hydroxylation sites is 1. The Bertz CT molecular complexity index is 762. The highest BCUT2D eigenvalue weighted by Gasteiger charge is 2.07. The SMILES string of the molecule is COc1ccc(OC(=O)CCCc2nc3ccccc3s2)cc1. The second kappa shape index (κ2) is 7.24. The van der Waals surface area contributed by atoms with E-state index < -0.39 is 0 Å². The van der Waals surface area contributed by atoms with Gasteiger partial charge in [0.25, 0.3) is 0 Å². The summed E-state index contributed by atoms with van der Waals surface area (Å²) < 4.78 is 11.5. The van der Waals surface area contributed by atoms with Crippen LogP contribution in [0.1, 0.15) is 17.8 Å². The fourth-order valence-electron chi connectivity index (χ4n) is 2.24. The minimum absolute atomic E-state index is 0.226. The van der Waals surface area contributed by atoms with Crippen LogP contribution in [0.2, 0.25) is 0 Å². The van der Waals surface area contributed by atoms with E-state index in [1.807, 2.05) is 18.2 Å². The zero-order chi connectivity index (χ0) is 16.1. The Morgan fingerprint density at radius 1 is 1.09 bits per heavy atom. The Hall–Kier alpha value is -2.40. The molecule has 0 saturated carbocycles. The molecule has 0 aliphatic rings. The van der Waals surface area contributed by atoms with Crippen LogP contribution in [0.5, 0.6) is 11.5 Å². The van der Waals surface area contributed by atoms with Gasteiger partial charge in [0, 0.05) is 6.42 Å². The van der Waals surface area contributed by atoms with E-state index in [0.29, 0.717) is 12.2 Å². The normalized spacial score (nSPS) is 10.7. The lowest BCUT2D eigenvalue weighted by Crippen LogP contribution is -2.08. The van der Waals surface area contributed by atoms with Crippen LogP contribution in [0.4, 0.5) is 0 Å².